The Morgan fingerprint density at radius 3 is 2.79 bits per heavy atom. The Kier molecular flexibility index (Phi) is 4.66. The van der Waals surface area contributed by atoms with E-state index in [4.69, 9.17) is 13.9 Å². The summed E-state index contributed by atoms with van der Waals surface area (Å²) < 4.78 is 17.0. The van der Waals surface area contributed by atoms with Crippen LogP contribution in [0, 0.1) is 0 Å². The summed E-state index contributed by atoms with van der Waals surface area (Å²) in [5, 5.41) is 11.1. The highest BCUT2D eigenvalue weighted by Gasteiger charge is 2.27. The molecule has 128 valence electrons. The Balaban J connectivity index is 1.57. The monoisotopic (exact) mass is 349 g/mol. The summed E-state index contributed by atoms with van der Waals surface area (Å²) in [4.78, 5) is 11.8. The van der Waals surface area contributed by atoms with Crippen LogP contribution < -0.4 is 14.8 Å². The minimum Gasteiger partial charge on any atom is -0.485 e. The lowest BCUT2D eigenvalue weighted by atomic mass is 10.1. The van der Waals surface area contributed by atoms with E-state index in [9.17, 15) is 4.79 Å². The van der Waals surface area contributed by atoms with Gasteiger partial charge in [-0.3, -0.25) is 4.79 Å². The van der Waals surface area contributed by atoms with E-state index in [1.165, 1.54) is 11.8 Å². The van der Waals surface area contributed by atoms with Crippen molar-refractivity contribution in [2.75, 3.05) is 12.4 Å². The van der Waals surface area contributed by atoms with E-state index >= 15 is 0 Å². The molecule has 1 aliphatic rings. The molecule has 1 N–H and O–H groups in total. The number of benzene rings is 1. The molecule has 2 aromatic rings. The number of carbonyl (C=O) groups is 1. The molecule has 0 saturated carbocycles. The zero-order valence-electron chi connectivity index (χ0n) is 13.7. The SMILES string of the molecule is CC(C)(C)NC(=O)CSc1nnc([C@@H]2COc3ccccc3O2)o1. The number of fused-ring (bicyclic) bond motifs is 1. The minimum absolute atomic E-state index is 0.0848. The van der Waals surface area contributed by atoms with Gasteiger partial charge in [0.2, 0.25) is 12.0 Å². The van der Waals surface area contributed by atoms with Gasteiger partial charge in [-0.1, -0.05) is 23.9 Å². The summed E-state index contributed by atoms with van der Waals surface area (Å²) in [5.74, 6) is 1.80. The van der Waals surface area contributed by atoms with Gasteiger partial charge in [-0.15, -0.1) is 10.2 Å². The second-order valence-corrected chi connectivity index (χ2v) is 7.28. The minimum atomic E-state index is -0.454. The van der Waals surface area contributed by atoms with Crippen molar-refractivity contribution >= 4 is 17.7 Å². The average Bonchev–Trinajstić information content (AvgIpc) is 3.00. The van der Waals surface area contributed by atoms with Crippen LogP contribution in [0.5, 0.6) is 11.5 Å². The van der Waals surface area contributed by atoms with Crippen LogP contribution in [0.4, 0.5) is 0 Å². The van der Waals surface area contributed by atoms with Crippen molar-refractivity contribution in [1.82, 2.24) is 15.5 Å². The number of rotatable bonds is 4. The lowest BCUT2D eigenvalue weighted by Crippen LogP contribution is -2.41. The van der Waals surface area contributed by atoms with E-state index in [0.29, 0.717) is 29.2 Å². The maximum atomic E-state index is 11.8. The Morgan fingerprint density at radius 1 is 1.29 bits per heavy atom. The number of carbonyl (C=O) groups excluding carboxylic acids is 1. The first-order valence-electron chi connectivity index (χ1n) is 7.56. The van der Waals surface area contributed by atoms with E-state index in [1.807, 2.05) is 45.0 Å². The third kappa shape index (κ3) is 4.19. The van der Waals surface area contributed by atoms with E-state index < -0.39 is 6.10 Å². The molecule has 0 bridgehead atoms. The van der Waals surface area contributed by atoms with E-state index in [0.717, 1.165) is 0 Å². The number of nitrogens with zero attached hydrogens (tertiary/aromatic N) is 2. The molecule has 2 heterocycles. The maximum absolute atomic E-state index is 11.8. The van der Waals surface area contributed by atoms with Gasteiger partial charge < -0.3 is 19.2 Å². The van der Waals surface area contributed by atoms with Gasteiger partial charge in [0.15, 0.2) is 11.5 Å². The van der Waals surface area contributed by atoms with Crippen LogP contribution in [0.15, 0.2) is 33.9 Å². The molecule has 8 heteroatoms. The molecule has 3 rings (SSSR count). The number of amides is 1. The van der Waals surface area contributed by atoms with Crippen LogP contribution in [-0.4, -0.2) is 34.0 Å². The zero-order valence-corrected chi connectivity index (χ0v) is 14.6. The molecule has 1 amide bonds. The fourth-order valence-electron chi connectivity index (χ4n) is 2.13. The van der Waals surface area contributed by atoms with Gasteiger partial charge in [0.05, 0.1) is 5.75 Å². The van der Waals surface area contributed by atoms with Gasteiger partial charge in [0, 0.05) is 5.54 Å². The summed E-state index contributed by atoms with van der Waals surface area (Å²) in [6.07, 6.45) is -0.454. The second kappa shape index (κ2) is 6.72. The Bertz CT molecular complexity index is 726. The smallest absolute Gasteiger partial charge is 0.277 e. The number of hydrogen-bond donors (Lipinski definition) is 1. The summed E-state index contributed by atoms with van der Waals surface area (Å²) in [5.41, 5.74) is -0.266. The van der Waals surface area contributed by atoms with Crippen molar-refractivity contribution in [1.29, 1.82) is 0 Å². The van der Waals surface area contributed by atoms with E-state index in [-0.39, 0.29) is 17.2 Å². The van der Waals surface area contributed by atoms with Gasteiger partial charge in [-0.05, 0) is 32.9 Å². The quantitative estimate of drug-likeness (QED) is 0.849. The van der Waals surface area contributed by atoms with Crippen molar-refractivity contribution in [2.24, 2.45) is 0 Å². The number of ether oxygens (including phenoxy) is 2. The molecule has 1 aromatic carbocycles. The predicted molar refractivity (Wildman–Crippen MR) is 88.2 cm³/mol. The van der Waals surface area contributed by atoms with Crippen LogP contribution >= 0.6 is 11.8 Å². The zero-order chi connectivity index (χ0) is 17.2. The van der Waals surface area contributed by atoms with Crippen LogP contribution in [-0.2, 0) is 4.79 Å². The Labute approximate surface area is 144 Å². The van der Waals surface area contributed by atoms with Crippen molar-refractivity contribution in [2.45, 2.75) is 37.6 Å². The summed E-state index contributed by atoms with van der Waals surface area (Å²) in [6.45, 7) is 6.09. The number of para-hydroxylation sites is 2. The van der Waals surface area contributed by atoms with Crippen LogP contribution in [0.25, 0.3) is 0 Å². The van der Waals surface area contributed by atoms with E-state index in [1.54, 1.807) is 0 Å². The first-order chi connectivity index (χ1) is 11.4. The van der Waals surface area contributed by atoms with Crippen LogP contribution in [0.1, 0.15) is 32.8 Å². The third-order valence-electron chi connectivity index (χ3n) is 3.05. The third-order valence-corrected chi connectivity index (χ3v) is 3.87. The average molecular weight is 349 g/mol. The first-order valence-corrected chi connectivity index (χ1v) is 8.55. The van der Waals surface area contributed by atoms with Gasteiger partial charge in [-0.25, -0.2) is 0 Å². The molecule has 24 heavy (non-hydrogen) atoms. The first kappa shape index (κ1) is 16.6. The predicted octanol–water partition coefficient (Wildman–Crippen LogP) is 2.59. The lowest BCUT2D eigenvalue weighted by Gasteiger charge is -2.23. The number of nitrogens with one attached hydrogen (secondary N) is 1. The molecule has 1 aromatic heterocycles. The van der Waals surface area contributed by atoms with E-state index in [2.05, 4.69) is 15.5 Å². The fraction of sp³-hybridized carbons (Fsp3) is 0.438. The Hall–Kier alpha value is -2.22. The topological polar surface area (TPSA) is 86.5 Å². The highest BCUT2D eigenvalue weighted by atomic mass is 32.2. The Morgan fingerprint density at radius 2 is 2.04 bits per heavy atom. The second-order valence-electron chi connectivity index (χ2n) is 6.36. The van der Waals surface area contributed by atoms with Gasteiger partial charge in [0.25, 0.3) is 11.1 Å². The molecule has 0 saturated heterocycles. The number of thioether (sulfide) groups is 1. The van der Waals surface area contributed by atoms with Crippen molar-refractivity contribution < 1.29 is 18.7 Å². The molecule has 1 aliphatic heterocycles. The largest absolute Gasteiger partial charge is 0.485 e. The van der Waals surface area contributed by atoms with Gasteiger partial charge in [0.1, 0.15) is 6.61 Å². The maximum Gasteiger partial charge on any atom is 0.277 e. The molecule has 1 atom stereocenters. The normalized spacial score (nSPS) is 16.7. The standard InChI is InChI=1S/C16H19N3O4S/c1-16(2,3)17-13(20)9-24-15-19-18-14(23-15)12-8-21-10-6-4-5-7-11(10)22-12/h4-7,12H,8-9H2,1-3H3,(H,17,20)/t12-/m0/s1. The van der Waals surface area contributed by atoms with Crippen LogP contribution in [0.3, 0.4) is 0 Å². The molecule has 0 spiro atoms. The molecular formula is C16H19N3O4S. The molecule has 0 unspecified atom stereocenters. The summed E-state index contributed by atoms with van der Waals surface area (Å²) >= 11 is 1.19. The highest BCUT2D eigenvalue weighted by molar-refractivity contribution is 7.99. The molecular weight excluding hydrogens is 330 g/mol. The van der Waals surface area contributed by atoms with Crippen LogP contribution in [0.2, 0.25) is 0 Å². The summed E-state index contributed by atoms with van der Waals surface area (Å²) in [7, 11) is 0. The number of aromatic nitrogens is 2. The lowest BCUT2D eigenvalue weighted by molar-refractivity contribution is -0.119. The van der Waals surface area contributed by atoms with Crippen molar-refractivity contribution in [3.8, 4) is 11.5 Å². The summed E-state index contributed by atoms with van der Waals surface area (Å²) in [6, 6.07) is 7.42. The molecule has 0 fully saturated rings. The molecule has 0 aliphatic carbocycles. The van der Waals surface area contributed by atoms with Crippen molar-refractivity contribution in [3.05, 3.63) is 30.2 Å². The number of hydrogen-bond acceptors (Lipinski definition) is 7. The van der Waals surface area contributed by atoms with Gasteiger partial charge >= 0.3 is 0 Å². The molecule has 7 nitrogen and oxygen atoms in total. The van der Waals surface area contributed by atoms with Gasteiger partial charge in [-0.2, -0.15) is 0 Å². The highest BCUT2D eigenvalue weighted by Crippen LogP contribution is 2.35. The molecule has 0 radical (unpaired) electrons. The van der Waals surface area contributed by atoms with Crippen molar-refractivity contribution in [3.63, 3.8) is 0 Å². The fourth-order valence-corrected chi connectivity index (χ4v) is 2.70.